The molecule has 12 nitrogen and oxygen atoms in total. The molecule has 282 valence electrons. The Morgan fingerprint density at radius 1 is 1.07 bits per heavy atom. The molecule has 1 amide bonds. The van der Waals surface area contributed by atoms with Crippen LogP contribution in [0.4, 0.5) is 26.3 Å². The molecule has 0 saturated carbocycles. The summed E-state index contributed by atoms with van der Waals surface area (Å²) in [6, 6.07) is 13.1. The molecule has 3 aromatic heterocycles. The fourth-order valence-corrected chi connectivity index (χ4v) is 9.78. The predicted molar refractivity (Wildman–Crippen MR) is 208 cm³/mol. The number of nitrogens with zero attached hydrogens (tertiary/aromatic N) is 6. The SMILES string of the molecule is Cc1c(Nc2nc3ccccc3s2)nnc2c1CCCN2c1nc(C(=O)O)c(CCCOc2ccc(CCCN3CCC4(CC3)CNC(=O)C4)cc2F)s1. The normalized spacial score (nSPS) is 16.9. The first-order valence-corrected chi connectivity index (χ1v) is 20.3. The molecule has 0 aliphatic carbocycles. The molecule has 2 saturated heterocycles. The zero-order valence-electron chi connectivity index (χ0n) is 30.2. The summed E-state index contributed by atoms with van der Waals surface area (Å²) in [4.78, 5) is 38.2. The topological polar surface area (TPSA) is 146 Å². The Morgan fingerprint density at radius 2 is 1.93 bits per heavy atom. The van der Waals surface area contributed by atoms with Gasteiger partial charge in [-0.3, -0.25) is 4.79 Å². The summed E-state index contributed by atoms with van der Waals surface area (Å²) in [5, 5.41) is 26.8. The molecule has 0 unspecified atom stereocenters. The lowest BCUT2D eigenvalue weighted by Crippen LogP contribution is -2.41. The van der Waals surface area contributed by atoms with E-state index in [1.54, 1.807) is 23.5 Å². The maximum absolute atomic E-state index is 15.0. The number of nitrogens with one attached hydrogen (secondary N) is 2. The number of fused-ring (bicyclic) bond motifs is 2. The number of aromatic nitrogens is 4. The molecule has 54 heavy (non-hydrogen) atoms. The van der Waals surface area contributed by atoms with Crippen LogP contribution in [0.25, 0.3) is 10.2 Å². The van der Waals surface area contributed by atoms with E-state index in [4.69, 9.17) is 4.74 Å². The van der Waals surface area contributed by atoms with Crippen molar-refractivity contribution < 1.29 is 23.8 Å². The highest BCUT2D eigenvalue weighted by molar-refractivity contribution is 7.22. The van der Waals surface area contributed by atoms with Crippen molar-refractivity contribution in [2.24, 2.45) is 5.41 Å². The van der Waals surface area contributed by atoms with Gasteiger partial charge in [0.1, 0.15) is 0 Å². The predicted octanol–water partition coefficient (Wildman–Crippen LogP) is 7.06. The standard InChI is InChI=1S/C39H43FN8O4S2/c1-24-26-8-5-17-48(35(26)46-45-34(24)44-37-42-28-9-2-3-10-30(28)53-37)38-43-33(36(50)51)31(54-38)11-6-20-52-29-13-12-25(21-27(29)40)7-4-16-47-18-14-39(15-19-47)22-32(49)41-23-39/h2-3,9-10,12-13,21H,4-8,11,14-20,22-23H2,1H3,(H,41,49)(H,50,51)(H,42,44,45). The molecule has 6 heterocycles. The van der Waals surface area contributed by atoms with E-state index in [1.807, 2.05) is 42.2 Å². The Kier molecular flexibility index (Phi) is 10.4. The molecule has 5 aromatic rings. The second kappa shape index (κ2) is 15.6. The van der Waals surface area contributed by atoms with Crippen LogP contribution in [-0.2, 0) is 24.1 Å². The minimum atomic E-state index is -1.09. The monoisotopic (exact) mass is 770 g/mol. The quantitative estimate of drug-likeness (QED) is 0.106. The number of amides is 1. The van der Waals surface area contributed by atoms with Gasteiger partial charge in [-0.25, -0.2) is 19.2 Å². The van der Waals surface area contributed by atoms with Crippen LogP contribution in [0.2, 0.25) is 0 Å². The number of anilines is 4. The molecule has 15 heteroatoms. The van der Waals surface area contributed by atoms with Crippen molar-refractivity contribution in [3.63, 3.8) is 0 Å². The molecule has 3 aliphatic rings. The van der Waals surface area contributed by atoms with Crippen LogP contribution < -0.4 is 20.3 Å². The highest BCUT2D eigenvalue weighted by Gasteiger charge is 2.40. The van der Waals surface area contributed by atoms with Crippen LogP contribution in [0.3, 0.4) is 0 Å². The number of ether oxygens (including phenoxy) is 1. The van der Waals surface area contributed by atoms with E-state index in [2.05, 4.69) is 35.7 Å². The minimum Gasteiger partial charge on any atom is -0.491 e. The van der Waals surface area contributed by atoms with Gasteiger partial charge in [0, 0.05) is 35.5 Å². The van der Waals surface area contributed by atoms with Crippen molar-refractivity contribution in [3.8, 4) is 5.75 Å². The van der Waals surface area contributed by atoms with E-state index in [1.165, 1.54) is 11.3 Å². The highest BCUT2D eigenvalue weighted by Crippen LogP contribution is 2.40. The average Bonchev–Trinajstić information content (AvgIpc) is 3.89. The Hall–Kier alpha value is -4.73. The number of thiazole rings is 2. The number of carboxylic acid groups (broad SMARTS) is 1. The van der Waals surface area contributed by atoms with Crippen LogP contribution in [-0.4, -0.2) is 81.4 Å². The Labute approximate surface area is 320 Å². The number of hydrogen-bond donors (Lipinski definition) is 3. The second-order valence-electron chi connectivity index (χ2n) is 14.5. The molecule has 0 radical (unpaired) electrons. The van der Waals surface area contributed by atoms with E-state index in [0.717, 1.165) is 96.7 Å². The molecular weight excluding hydrogens is 728 g/mol. The number of hydrogen-bond acceptors (Lipinski definition) is 12. The van der Waals surface area contributed by atoms with Crippen LogP contribution in [0.15, 0.2) is 42.5 Å². The third-order valence-electron chi connectivity index (χ3n) is 10.9. The first-order chi connectivity index (χ1) is 26.2. The molecule has 8 rings (SSSR count). The zero-order valence-corrected chi connectivity index (χ0v) is 31.8. The molecule has 1 spiro atoms. The molecule has 0 atom stereocenters. The van der Waals surface area contributed by atoms with Crippen LogP contribution in [0, 0.1) is 18.2 Å². The van der Waals surface area contributed by atoms with Crippen molar-refractivity contribution in [1.29, 1.82) is 0 Å². The third-order valence-corrected chi connectivity index (χ3v) is 13.0. The van der Waals surface area contributed by atoms with Gasteiger partial charge in [0.2, 0.25) is 5.91 Å². The highest BCUT2D eigenvalue weighted by atomic mass is 32.1. The van der Waals surface area contributed by atoms with Gasteiger partial charge in [-0.05, 0) is 113 Å². The van der Waals surface area contributed by atoms with Gasteiger partial charge in [0.05, 0.1) is 16.8 Å². The number of aromatic carboxylic acids is 1. The fraction of sp³-hybridized carbons (Fsp3) is 0.436. The molecule has 0 bridgehead atoms. The minimum absolute atomic E-state index is 0.0196. The Balaban J connectivity index is 0.845. The van der Waals surface area contributed by atoms with Crippen molar-refractivity contribution in [3.05, 3.63) is 75.5 Å². The third kappa shape index (κ3) is 7.75. The number of piperidine rings is 1. The number of aryl methyl sites for hydroxylation is 2. The Morgan fingerprint density at radius 3 is 2.70 bits per heavy atom. The van der Waals surface area contributed by atoms with E-state index < -0.39 is 11.8 Å². The number of para-hydroxylation sites is 1. The van der Waals surface area contributed by atoms with Crippen LogP contribution >= 0.6 is 22.7 Å². The number of carbonyl (C=O) groups excluding carboxylic acids is 1. The average molecular weight is 771 g/mol. The summed E-state index contributed by atoms with van der Waals surface area (Å²) in [6.45, 7) is 6.66. The number of halogens is 1. The smallest absolute Gasteiger partial charge is 0.355 e. The largest absolute Gasteiger partial charge is 0.491 e. The van der Waals surface area contributed by atoms with E-state index >= 15 is 4.39 Å². The summed E-state index contributed by atoms with van der Waals surface area (Å²) in [6.07, 6.45) is 7.07. The second-order valence-corrected chi connectivity index (χ2v) is 16.6. The maximum Gasteiger partial charge on any atom is 0.355 e. The van der Waals surface area contributed by atoms with E-state index in [0.29, 0.717) is 47.5 Å². The van der Waals surface area contributed by atoms with Gasteiger partial charge in [-0.2, -0.15) is 0 Å². The number of rotatable bonds is 13. The molecule has 3 aliphatic heterocycles. The number of benzene rings is 2. The molecule has 2 aromatic carbocycles. The maximum atomic E-state index is 15.0. The van der Waals surface area contributed by atoms with Gasteiger partial charge in [0.15, 0.2) is 39.2 Å². The summed E-state index contributed by atoms with van der Waals surface area (Å²) in [5.41, 5.74) is 4.05. The summed E-state index contributed by atoms with van der Waals surface area (Å²) < 4.78 is 21.9. The first kappa shape index (κ1) is 36.3. The van der Waals surface area contributed by atoms with Crippen molar-refractivity contribution in [2.75, 3.05) is 49.5 Å². The van der Waals surface area contributed by atoms with Gasteiger partial charge >= 0.3 is 5.97 Å². The first-order valence-electron chi connectivity index (χ1n) is 18.6. The van der Waals surface area contributed by atoms with Crippen LogP contribution in [0.5, 0.6) is 5.75 Å². The fourth-order valence-electron chi connectivity index (χ4n) is 7.80. The van der Waals surface area contributed by atoms with Gasteiger partial charge in [-0.1, -0.05) is 29.5 Å². The molecular formula is C39H43FN8O4S2. The van der Waals surface area contributed by atoms with E-state index in [9.17, 15) is 14.7 Å². The molecule has 2 fully saturated rings. The Bertz CT molecular complexity index is 2150. The van der Waals surface area contributed by atoms with Gasteiger partial charge < -0.3 is 30.3 Å². The number of carbonyl (C=O) groups is 2. The van der Waals surface area contributed by atoms with Crippen molar-refractivity contribution in [2.45, 2.75) is 64.7 Å². The lowest BCUT2D eigenvalue weighted by molar-refractivity contribution is -0.119. The lowest BCUT2D eigenvalue weighted by atomic mass is 9.77. The lowest BCUT2D eigenvalue weighted by Gasteiger charge is -2.38. The summed E-state index contributed by atoms with van der Waals surface area (Å²) in [5.74, 6) is 0.228. The zero-order chi connectivity index (χ0) is 37.2. The van der Waals surface area contributed by atoms with Gasteiger partial charge in [-0.15, -0.1) is 21.5 Å². The van der Waals surface area contributed by atoms with E-state index in [-0.39, 0.29) is 29.4 Å². The molecule has 3 N–H and O–H groups in total. The number of likely N-dealkylation sites (tertiary alicyclic amines) is 1. The van der Waals surface area contributed by atoms with Crippen LogP contribution in [0.1, 0.15) is 70.6 Å². The van der Waals surface area contributed by atoms with Gasteiger partial charge in [0.25, 0.3) is 0 Å². The van der Waals surface area contributed by atoms with Crippen molar-refractivity contribution >= 4 is 66.7 Å². The van der Waals surface area contributed by atoms with Crippen molar-refractivity contribution in [1.82, 2.24) is 30.4 Å². The summed E-state index contributed by atoms with van der Waals surface area (Å²) in [7, 11) is 0. The summed E-state index contributed by atoms with van der Waals surface area (Å²) >= 11 is 2.90. The number of carboxylic acids is 1.